The molecule has 0 fully saturated rings. The normalized spacial score (nSPS) is 21.4. The molecule has 0 N–H and O–H groups in total. The Labute approximate surface area is 61.3 Å². The Bertz CT molecular complexity index is 262. The Morgan fingerprint density at radius 2 is 2.30 bits per heavy atom. The first kappa shape index (κ1) is 5.72. The molecule has 0 aromatic carbocycles. The molecule has 2 aliphatic rings. The van der Waals surface area contributed by atoms with Crippen LogP contribution in [-0.4, -0.2) is 0 Å². The van der Waals surface area contributed by atoms with Crippen LogP contribution in [0.15, 0.2) is 47.6 Å². The van der Waals surface area contributed by atoms with Crippen LogP contribution in [0, 0.1) is 0 Å². The summed E-state index contributed by atoms with van der Waals surface area (Å²) in [6, 6.07) is 0. The summed E-state index contributed by atoms with van der Waals surface area (Å²) >= 11 is 0. The first-order valence-corrected chi connectivity index (χ1v) is 3.62. The minimum Gasteiger partial charge on any atom is -0.0988 e. The third kappa shape index (κ3) is 0.688. The molecular weight excluding hydrogens is 120 g/mol. The molecule has 0 nitrogen and oxygen atoms in total. The van der Waals surface area contributed by atoms with Crippen LogP contribution in [0.5, 0.6) is 0 Å². The molecule has 0 heterocycles. The summed E-state index contributed by atoms with van der Waals surface area (Å²) < 4.78 is 0. The fourth-order valence-corrected chi connectivity index (χ4v) is 1.52. The van der Waals surface area contributed by atoms with Gasteiger partial charge >= 0.3 is 0 Å². The van der Waals surface area contributed by atoms with Gasteiger partial charge in [0.15, 0.2) is 0 Å². The Balaban J connectivity index is 2.27. The van der Waals surface area contributed by atoms with E-state index < -0.39 is 0 Å². The second-order valence-corrected chi connectivity index (χ2v) is 2.76. The lowest BCUT2D eigenvalue weighted by atomic mass is 10.1. The van der Waals surface area contributed by atoms with Gasteiger partial charge in [-0.2, -0.15) is 0 Å². The van der Waals surface area contributed by atoms with Crippen molar-refractivity contribution in [1.29, 1.82) is 0 Å². The molecule has 0 unspecified atom stereocenters. The summed E-state index contributed by atoms with van der Waals surface area (Å²) in [6.45, 7) is 3.75. The van der Waals surface area contributed by atoms with Crippen molar-refractivity contribution < 1.29 is 0 Å². The average Bonchev–Trinajstić information content (AvgIpc) is 2.42. The molecule has 10 heavy (non-hydrogen) atoms. The highest BCUT2D eigenvalue weighted by Gasteiger charge is 2.13. The second-order valence-electron chi connectivity index (χ2n) is 2.76. The zero-order valence-corrected chi connectivity index (χ0v) is 5.93. The van der Waals surface area contributed by atoms with Crippen molar-refractivity contribution in [2.45, 2.75) is 12.8 Å². The van der Waals surface area contributed by atoms with E-state index in [2.05, 4.69) is 24.8 Å². The maximum Gasteiger partial charge on any atom is -0.00231 e. The Hall–Kier alpha value is -1.04. The van der Waals surface area contributed by atoms with Crippen LogP contribution in [0.4, 0.5) is 0 Å². The fraction of sp³-hybridized carbons (Fsp3) is 0.200. The van der Waals surface area contributed by atoms with Gasteiger partial charge in [-0.3, -0.25) is 0 Å². The molecule has 0 aromatic heterocycles. The maximum atomic E-state index is 3.75. The molecule has 2 aliphatic carbocycles. The van der Waals surface area contributed by atoms with E-state index in [0.717, 1.165) is 12.8 Å². The van der Waals surface area contributed by atoms with E-state index in [1.165, 1.54) is 16.7 Å². The molecule has 0 aromatic rings. The molecule has 0 radical (unpaired) electrons. The van der Waals surface area contributed by atoms with Gasteiger partial charge in [-0.05, 0) is 29.6 Å². The molecule has 0 bridgehead atoms. The smallest absolute Gasteiger partial charge is 0.00231 e. The SMILES string of the molecule is C=CC1=CC2=C(C=CC2)C1. The fourth-order valence-electron chi connectivity index (χ4n) is 1.52. The monoisotopic (exact) mass is 130 g/mol. The van der Waals surface area contributed by atoms with Crippen molar-refractivity contribution in [2.75, 3.05) is 0 Å². The highest BCUT2D eigenvalue weighted by molar-refractivity contribution is 5.51. The largest absolute Gasteiger partial charge is 0.0988 e. The predicted octanol–water partition coefficient (Wildman–Crippen LogP) is 2.76. The average molecular weight is 130 g/mol. The highest BCUT2D eigenvalue weighted by Crippen LogP contribution is 2.32. The standard InChI is InChI=1S/C10H10/c1-2-8-6-9-4-3-5-10(9)7-8/h2-4,7H,1,5-6H2. The molecule has 0 amide bonds. The molecule has 0 heteroatoms. The topological polar surface area (TPSA) is 0 Å². The maximum absolute atomic E-state index is 3.75. The van der Waals surface area contributed by atoms with E-state index in [4.69, 9.17) is 0 Å². The summed E-state index contributed by atoms with van der Waals surface area (Å²) in [5, 5.41) is 0. The number of allylic oxidation sites excluding steroid dienone is 7. The first-order chi connectivity index (χ1) is 4.90. The van der Waals surface area contributed by atoms with Crippen molar-refractivity contribution in [3.8, 4) is 0 Å². The van der Waals surface area contributed by atoms with Crippen LogP contribution in [0.3, 0.4) is 0 Å². The van der Waals surface area contributed by atoms with Gasteiger partial charge < -0.3 is 0 Å². The van der Waals surface area contributed by atoms with Gasteiger partial charge in [-0.15, -0.1) is 0 Å². The Kier molecular flexibility index (Phi) is 1.13. The van der Waals surface area contributed by atoms with Crippen LogP contribution in [-0.2, 0) is 0 Å². The molecule has 0 atom stereocenters. The zero-order chi connectivity index (χ0) is 6.97. The summed E-state index contributed by atoms with van der Waals surface area (Å²) in [5.41, 5.74) is 4.36. The van der Waals surface area contributed by atoms with Gasteiger partial charge in [-0.25, -0.2) is 0 Å². The number of hydrogen-bond donors (Lipinski definition) is 0. The van der Waals surface area contributed by atoms with Crippen molar-refractivity contribution >= 4 is 0 Å². The Morgan fingerprint density at radius 3 is 3.00 bits per heavy atom. The van der Waals surface area contributed by atoms with E-state index in [-0.39, 0.29) is 0 Å². The van der Waals surface area contributed by atoms with Gasteiger partial charge in [0.25, 0.3) is 0 Å². The molecule has 0 spiro atoms. The Morgan fingerprint density at radius 1 is 1.40 bits per heavy atom. The van der Waals surface area contributed by atoms with E-state index in [9.17, 15) is 0 Å². The summed E-state index contributed by atoms with van der Waals surface area (Å²) in [6.07, 6.45) is 10.9. The molecule has 0 saturated heterocycles. The molecule has 2 rings (SSSR count). The van der Waals surface area contributed by atoms with Crippen molar-refractivity contribution in [3.05, 3.63) is 47.6 Å². The first-order valence-electron chi connectivity index (χ1n) is 3.62. The minimum absolute atomic E-state index is 1.11. The van der Waals surface area contributed by atoms with Crippen molar-refractivity contribution in [3.63, 3.8) is 0 Å². The summed E-state index contributed by atoms with van der Waals surface area (Å²) in [5.74, 6) is 0. The second kappa shape index (κ2) is 1.98. The lowest BCUT2D eigenvalue weighted by Gasteiger charge is -1.91. The van der Waals surface area contributed by atoms with Crippen molar-refractivity contribution in [2.24, 2.45) is 0 Å². The number of hydrogen-bond acceptors (Lipinski definition) is 0. The third-order valence-electron chi connectivity index (χ3n) is 2.09. The summed E-state index contributed by atoms with van der Waals surface area (Å²) in [7, 11) is 0. The van der Waals surface area contributed by atoms with Gasteiger partial charge in [0.2, 0.25) is 0 Å². The van der Waals surface area contributed by atoms with Crippen LogP contribution in [0.25, 0.3) is 0 Å². The molecular formula is C10H10. The third-order valence-corrected chi connectivity index (χ3v) is 2.09. The van der Waals surface area contributed by atoms with E-state index in [1.807, 2.05) is 6.08 Å². The highest BCUT2D eigenvalue weighted by atomic mass is 14.2. The van der Waals surface area contributed by atoms with E-state index in [1.54, 1.807) is 0 Å². The molecule has 0 aliphatic heterocycles. The minimum atomic E-state index is 1.11. The summed E-state index contributed by atoms with van der Waals surface area (Å²) in [4.78, 5) is 0. The molecule has 50 valence electrons. The van der Waals surface area contributed by atoms with Gasteiger partial charge in [0, 0.05) is 0 Å². The van der Waals surface area contributed by atoms with Crippen molar-refractivity contribution in [1.82, 2.24) is 0 Å². The zero-order valence-electron chi connectivity index (χ0n) is 5.93. The van der Waals surface area contributed by atoms with Gasteiger partial charge in [-0.1, -0.05) is 30.9 Å². The van der Waals surface area contributed by atoms with Crippen LogP contribution in [0.1, 0.15) is 12.8 Å². The van der Waals surface area contributed by atoms with Crippen LogP contribution >= 0.6 is 0 Å². The van der Waals surface area contributed by atoms with Gasteiger partial charge in [0.05, 0.1) is 0 Å². The lowest BCUT2D eigenvalue weighted by Crippen LogP contribution is -1.72. The van der Waals surface area contributed by atoms with E-state index >= 15 is 0 Å². The predicted molar refractivity (Wildman–Crippen MR) is 43.7 cm³/mol. The quantitative estimate of drug-likeness (QED) is 0.512. The van der Waals surface area contributed by atoms with Gasteiger partial charge in [0.1, 0.15) is 0 Å². The van der Waals surface area contributed by atoms with Crippen LogP contribution < -0.4 is 0 Å². The van der Waals surface area contributed by atoms with Crippen LogP contribution in [0.2, 0.25) is 0 Å². The lowest BCUT2D eigenvalue weighted by molar-refractivity contribution is 1.25. The number of rotatable bonds is 1. The van der Waals surface area contributed by atoms with E-state index in [0.29, 0.717) is 0 Å². The molecule has 0 saturated carbocycles.